The monoisotopic (exact) mass is 229 g/mol. The van der Waals surface area contributed by atoms with Crippen molar-refractivity contribution in [1.29, 1.82) is 0 Å². The summed E-state index contributed by atoms with van der Waals surface area (Å²) in [5, 5.41) is 3.34. The van der Waals surface area contributed by atoms with Gasteiger partial charge in [-0.1, -0.05) is 13.8 Å². The van der Waals surface area contributed by atoms with Gasteiger partial charge in [0.25, 0.3) is 0 Å². The fraction of sp³-hybridized carbons (Fsp3) is 0.917. The van der Waals surface area contributed by atoms with E-state index in [0.29, 0.717) is 12.1 Å². The second-order valence-electron chi connectivity index (χ2n) is 4.66. The lowest BCUT2D eigenvalue weighted by Gasteiger charge is -2.38. The lowest BCUT2D eigenvalue weighted by Crippen LogP contribution is -2.53. The lowest BCUT2D eigenvalue weighted by molar-refractivity contribution is -0.145. The van der Waals surface area contributed by atoms with Gasteiger partial charge in [0.2, 0.25) is 0 Å². The molecule has 16 heavy (non-hydrogen) atoms. The average Bonchev–Trinajstić information content (AvgIpc) is 2.19. The number of hydrogen-bond acceptors (Lipinski definition) is 4. The van der Waals surface area contributed by atoms with Crippen LogP contribution in [0.25, 0.3) is 0 Å². The maximum Gasteiger partial charge on any atom is 0.323 e. The van der Waals surface area contributed by atoms with Crippen molar-refractivity contribution in [2.75, 3.05) is 13.7 Å². The molecular weight excluding hydrogens is 206 g/mol. The van der Waals surface area contributed by atoms with Crippen LogP contribution in [0.2, 0.25) is 0 Å². The third-order valence-electron chi connectivity index (χ3n) is 3.03. The number of ether oxygens (including phenoxy) is 2. The first kappa shape index (κ1) is 13.5. The molecule has 0 aliphatic heterocycles. The van der Waals surface area contributed by atoms with E-state index >= 15 is 0 Å². The fourth-order valence-corrected chi connectivity index (χ4v) is 1.99. The van der Waals surface area contributed by atoms with Crippen molar-refractivity contribution >= 4 is 5.97 Å². The molecule has 1 fully saturated rings. The summed E-state index contributed by atoms with van der Waals surface area (Å²) < 4.78 is 10.3. The van der Waals surface area contributed by atoms with E-state index in [1.807, 2.05) is 20.8 Å². The summed E-state index contributed by atoms with van der Waals surface area (Å²) in [6.45, 7) is 6.81. The molecule has 0 unspecified atom stereocenters. The molecule has 0 bridgehead atoms. The Bertz CT molecular complexity index is 224. The van der Waals surface area contributed by atoms with E-state index in [9.17, 15) is 4.79 Å². The summed E-state index contributed by atoms with van der Waals surface area (Å²) in [7, 11) is 1.43. The zero-order chi connectivity index (χ0) is 12.1. The van der Waals surface area contributed by atoms with Crippen molar-refractivity contribution in [2.24, 2.45) is 5.92 Å². The number of esters is 1. The van der Waals surface area contributed by atoms with Crippen LogP contribution >= 0.6 is 0 Å². The van der Waals surface area contributed by atoms with Crippen LogP contribution in [-0.2, 0) is 14.3 Å². The van der Waals surface area contributed by atoms with E-state index in [0.717, 1.165) is 19.4 Å². The smallest absolute Gasteiger partial charge is 0.323 e. The third kappa shape index (κ3) is 3.46. The normalized spacial score (nSPS) is 26.3. The Kier molecular flexibility index (Phi) is 5.22. The zero-order valence-electron chi connectivity index (χ0n) is 10.7. The molecule has 1 atom stereocenters. The van der Waals surface area contributed by atoms with Gasteiger partial charge in [-0.2, -0.15) is 0 Å². The maximum absolute atomic E-state index is 11.5. The fourth-order valence-electron chi connectivity index (χ4n) is 1.99. The van der Waals surface area contributed by atoms with Crippen LogP contribution in [-0.4, -0.2) is 37.9 Å². The van der Waals surface area contributed by atoms with Crippen LogP contribution < -0.4 is 5.32 Å². The Morgan fingerprint density at radius 1 is 1.44 bits per heavy atom. The molecular formula is C12H23NO3. The van der Waals surface area contributed by atoms with Gasteiger partial charge in [-0.15, -0.1) is 0 Å². The molecule has 1 rings (SSSR count). The van der Waals surface area contributed by atoms with Crippen molar-refractivity contribution in [1.82, 2.24) is 5.32 Å². The molecule has 0 heterocycles. The number of nitrogens with one attached hydrogen (secondary N) is 1. The van der Waals surface area contributed by atoms with Gasteiger partial charge in [-0.05, 0) is 25.7 Å². The number of methoxy groups -OCH3 is 1. The molecule has 94 valence electrons. The van der Waals surface area contributed by atoms with Gasteiger partial charge in [-0.3, -0.25) is 4.79 Å². The Hall–Kier alpha value is -0.610. The molecule has 1 aliphatic carbocycles. The van der Waals surface area contributed by atoms with E-state index in [2.05, 4.69) is 5.32 Å². The van der Waals surface area contributed by atoms with Gasteiger partial charge in [0.15, 0.2) is 0 Å². The van der Waals surface area contributed by atoms with Gasteiger partial charge in [0.05, 0.1) is 13.2 Å². The minimum absolute atomic E-state index is 0.171. The lowest BCUT2D eigenvalue weighted by atomic mass is 9.87. The second-order valence-corrected chi connectivity index (χ2v) is 4.66. The summed E-state index contributed by atoms with van der Waals surface area (Å²) in [5.74, 6) is 0.0773. The van der Waals surface area contributed by atoms with Crippen molar-refractivity contribution in [3.63, 3.8) is 0 Å². The molecule has 0 amide bonds. The summed E-state index contributed by atoms with van der Waals surface area (Å²) in [4.78, 5) is 11.5. The molecule has 1 saturated carbocycles. The molecule has 0 spiro atoms. The van der Waals surface area contributed by atoms with Crippen LogP contribution in [0.5, 0.6) is 0 Å². The molecule has 1 N–H and O–H groups in total. The third-order valence-corrected chi connectivity index (χ3v) is 3.03. The summed E-state index contributed by atoms with van der Waals surface area (Å²) >= 11 is 0. The molecule has 0 saturated heterocycles. The van der Waals surface area contributed by atoms with Crippen LogP contribution in [0.4, 0.5) is 0 Å². The molecule has 0 aromatic rings. The van der Waals surface area contributed by atoms with Gasteiger partial charge in [-0.25, -0.2) is 0 Å². The highest BCUT2D eigenvalue weighted by Gasteiger charge is 2.34. The Morgan fingerprint density at radius 2 is 2.06 bits per heavy atom. The van der Waals surface area contributed by atoms with E-state index in [4.69, 9.17) is 9.47 Å². The van der Waals surface area contributed by atoms with Crippen LogP contribution in [0.1, 0.15) is 33.6 Å². The standard InChI is InChI=1S/C12H23NO3/c1-5-16-10-6-9(7-10)13-11(8(2)3)12(14)15-4/h8-11,13H,5-7H2,1-4H3/t9?,10?,11-/m0/s1. The first-order chi connectivity index (χ1) is 7.58. The van der Waals surface area contributed by atoms with Crippen molar-refractivity contribution in [2.45, 2.75) is 51.8 Å². The maximum atomic E-state index is 11.5. The van der Waals surface area contributed by atoms with Gasteiger partial charge in [0.1, 0.15) is 6.04 Å². The number of carbonyl (C=O) groups excluding carboxylic acids is 1. The zero-order valence-corrected chi connectivity index (χ0v) is 10.7. The first-order valence-corrected chi connectivity index (χ1v) is 6.04. The Morgan fingerprint density at radius 3 is 2.50 bits per heavy atom. The topological polar surface area (TPSA) is 47.6 Å². The second kappa shape index (κ2) is 6.21. The van der Waals surface area contributed by atoms with Crippen LogP contribution in [0.15, 0.2) is 0 Å². The minimum Gasteiger partial charge on any atom is -0.468 e. The first-order valence-electron chi connectivity index (χ1n) is 6.04. The Balaban J connectivity index is 2.32. The van der Waals surface area contributed by atoms with E-state index in [1.165, 1.54) is 7.11 Å². The molecule has 0 aromatic heterocycles. The van der Waals surface area contributed by atoms with E-state index in [1.54, 1.807) is 0 Å². The average molecular weight is 229 g/mol. The summed E-state index contributed by atoms with van der Waals surface area (Å²) in [6, 6.07) is 0.195. The van der Waals surface area contributed by atoms with Gasteiger partial charge < -0.3 is 14.8 Å². The number of rotatable bonds is 6. The predicted octanol–water partition coefficient (Wildman–Crippen LogP) is 1.34. The van der Waals surface area contributed by atoms with Crippen LogP contribution in [0.3, 0.4) is 0 Å². The molecule has 4 nitrogen and oxygen atoms in total. The molecule has 4 heteroatoms. The van der Waals surface area contributed by atoms with Gasteiger partial charge in [0, 0.05) is 12.6 Å². The number of carbonyl (C=O) groups is 1. The Labute approximate surface area is 97.7 Å². The van der Waals surface area contributed by atoms with Gasteiger partial charge >= 0.3 is 5.97 Å². The highest BCUT2D eigenvalue weighted by atomic mass is 16.5. The summed E-state index contributed by atoms with van der Waals surface area (Å²) in [6.07, 6.45) is 2.36. The SMILES string of the molecule is CCOC1CC(N[C@H](C(=O)OC)C(C)C)C1. The summed E-state index contributed by atoms with van der Waals surface area (Å²) in [5.41, 5.74) is 0. The van der Waals surface area contributed by atoms with Crippen molar-refractivity contribution in [3.8, 4) is 0 Å². The van der Waals surface area contributed by atoms with E-state index in [-0.39, 0.29) is 17.9 Å². The molecule has 0 aromatic carbocycles. The highest BCUT2D eigenvalue weighted by Crippen LogP contribution is 2.24. The molecule has 1 aliphatic rings. The largest absolute Gasteiger partial charge is 0.468 e. The predicted molar refractivity (Wildman–Crippen MR) is 62.2 cm³/mol. The molecule has 0 radical (unpaired) electrons. The van der Waals surface area contributed by atoms with E-state index < -0.39 is 0 Å². The van der Waals surface area contributed by atoms with Crippen LogP contribution in [0, 0.1) is 5.92 Å². The number of hydrogen-bond donors (Lipinski definition) is 1. The van der Waals surface area contributed by atoms with Crippen molar-refractivity contribution < 1.29 is 14.3 Å². The minimum atomic E-state index is -0.197. The quantitative estimate of drug-likeness (QED) is 0.698. The highest BCUT2D eigenvalue weighted by molar-refractivity contribution is 5.76. The van der Waals surface area contributed by atoms with Crippen molar-refractivity contribution in [3.05, 3.63) is 0 Å².